The third kappa shape index (κ3) is 5.15. The molecule has 0 radical (unpaired) electrons. The summed E-state index contributed by atoms with van der Waals surface area (Å²) in [5.74, 6) is -0.183. The summed E-state index contributed by atoms with van der Waals surface area (Å²) in [6, 6.07) is 17.9. The SMILES string of the molecule is CN(C)CCC1(c2cccc(CCN3Cc4c(NC(=O)c5ccc(Cl)s5)cccc4C3=O)c2)CC1. The predicted molar refractivity (Wildman–Crippen MR) is 143 cm³/mol. The molecule has 0 bridgehead atoms. The quantitative estimate of drug-likeness (QED) is 0.396. The molecule has 0 unspecified atom stereocenters. The number of carbonyl (C=O) groups excluding carboxylic acids is 2. The summed E-state index contributed by atoms with van der Waals surface area (Å²) in [5.41, 5.74) is 5.27. The Morgan fingerprint density at radius 2 is 1.94 bits per heavy atom. The molecule has 35 heavy (non-hydrogen) atoms. The maximum atomic E-state index is 13.1. The van der Waals surface area contributed by atoms with E-state index in [1.54, 1.807) is 12.1 Å². The third-order valence-electron chi connectivity index (χ3n) is 7.19. The van der Waals surface area contributed by atoms with Crippen LogP contribution in [0.3, 0.4) is 0 Å². The molecule has 1 aromatic heterocycles. The minimum atomic E-state index is -0.207. The zero-order valence-electron chi connectivity index (χ0n) is 20.1. The van der Waals surface area contributed by atoms with Gasteiger partial charge in [-0.1, -0.05) is 41.9 Å². The molecule has 5 nitrogen and oxygen atoms in total. The minimum Gasteiger partial charge on any atom is -0.334 e. The first-order valence-electron chi connectivity index (χ1n) is 12.1. The zero-order valence-corrected chi connectivity index (χ0v) is 21.7. The predicted octanol–water partition coefficient (Wildman–Crippen LogP) is 5.84. The van der Waals surface area contributed by atoms with Crippen LogP contribution in [0.4, 0.5) is 5.69 Å². The van der Waals surface area contributed by atoms with E-state index in [1.165, 1.54) is 41.7 Å². The number of nitrogens with one attached hydrogen (secondary N) is 1. The summed E-state index contributed by atoms with van der Waals surface area (Å²) < 4.78 is 0.573. The molecule has 5 rings (SSSR count). The van der Waals surface area contributed by atoms with Gasteiger partial charge in [-0.25, -0.2) is 0 Å². The van der Waals surface area contributed by atoms with Gasteiger partial charge in [0.1, 0.15) is 0 Å². The van der Waals surface area contributed by atoms with Gasteiger partial charge in [0.15, 0.2) is 0 Å². The van der Waals surface area contributed by atoms with Crippen LogP contribution in [0.2, 0.25) is 4.34 Å². The number of halogens is 1. The van der Waals surface area contributed by atoms with Crippen LogP contribution in [0.5, 0.6) is 0 Å². The van der Waals surface area contributed by atoms with Crippen molar-refractivity contribution >= 4 is 40.4 Å². The van der Waals surface area contributed by atoms with Gasteiger partial charge in [-0.3, -0.25) is 9.59 Å². The first-order valence-corrected chi connectivity index (χ1v) is 13.3. The molecule has 0 atom stereocenters. The summed E-state index contributed by atoms with van der Waals surface area (Å²) in [6.07, 6.45) is 4.52. The van der Waals surface area contributed by atoms with Crippen molar-refractivity contribution in [1.29, 1.82) is 0 Å². The lowest BCUT2D eigenvalue weighted by Gasteiger charge is -2.20. The molecule has 2 amide bonds. The number of amides is 2. The Balaban J connectivity index is 1.25. The number of benzene rings is 2. The van der Waals surface area contributed by atoms with Crippen LogP contribution in [-0.4, -0.2) is 48.8 Å². The second kappa shape index (κ2) is 9.76. The number of anilines is 1. The van der Waals surface area contributed by atoms with E-state index < -0.39 is 0 Å². The number of fused-ring (bicyclic) bond motifs is 1. The van der Waals surface area contributed by atoms with Crippen LogP contribution in [0.25, 0.3) is 0 Å². The Morgan fingerprint density at radius 1 is 1.14 bits per heavy atom. The van der Waals surface area contributed by atoms with Gasteiger partial charge in [0.05, 0.1) is 9.21 Å². The molecule has 182 valence electrons. The summed E-state index contributed by atoms with van der Waals surface area (Å²) >= 11 is 7.22. The Hall–Kier alpha value is -2.67. The average Bonchev–Trinajstić information content (AvgIpc) is 3.41. The van der Waals surface area contributed by atoms with E-state index in [0.29, 0.717) is 39.0 Å². The summed E-state index contributed by atoms with van der Waals surface area (Å²) in [5, 5.41) is 2.97. The number of hydrogen-bond donors (Lipinski definition) is 1. The van der Waals surface area contributed by atoms with E-state index in [0.717, 1.165) is 18.5 Å². The molecular weight excluding hydrogens is 478 g/mol. The van der Waals surface area contributed by atoms with Crippen LogP contribution >= 0.6 is 22.9 Å². The van der Waals surface area contributed by atoms with Crippen LogP contribution in [0, 0.1) is 0 Å². The van der Waals surface area contributed by atoms with Crippen LogP contribution in [-0.2, 0) is 18.4 Å². The molecule has 1 aliphatic heterocycles. The van der Waals surface area contributed by atoms with Crippen molar-refractivity contribution < 1.29 is 9.59 Å². The van der Waals surface area contributed by atoms with Crippen molar-refractivity contribution in [3.05, 3.63) is 86.1 Å². The normalized spacial score (nSPS) is 16.0. The highest BCUT2D eigenvalue weighted by Gasteiger charge is 2.43. The fourth-order valence-corrected chi connectivity index (χ4v) is 5.84. The molecular formula is C28H30ClN3O2S. The lowest BCUT2D eigenvalue weighted by Crippen LogP contribution is -2.26. The second-order valence-corrected chi connectivity index (χ2v) is 11.6. The third-order valence-corrected chi connectivity index (χ3v) is 8.42. The monoisotopic (exact) mass is 507 g/mol. The molecule has 2 heterocycles. The van der Waals surface area contributed by atoms with E-state index in [-0.39, 0.29) is 11.8 Å². The second-order valence-electron chi connectivity index (χ2n) is 9.90. The molecule has 2 aliphatic rings. The van der Waals surface area contributed by atoms with Crippen LogP contribution in [0.1, 0.15) is 56.0 Å². The van der Waals surface area contributed by atoms with Gasteiger partial charge in [-0.15, -0.1) is 11.3 Å². The highest BCUT2D eigenvalue weighted by Crippen LogP contribution is 2.51. The van der Waals surface area contributed by atoms with Crippen molar-refractivity contribution in [2.24, 2.45) is 0 Å². The molecule has 1 fully saturated rings. The Morgan fingerprint density at radius 3 is 2.66 bits per heavy atom. The van der Waals surface area contributed by atoms with Crippen LogP contribution in [0.15, 0.2) is 54.6 Å². The van der Waals surface area contributed by atoms with Gasteiger partial charge in [0.2, 0.25) is 0 Å². The number of rotatable bonds is 9. The van der Waals surface area contributed by atoms with Gasteiger partial charge in [-0.2, -0.15) is 0 Å². The number of hydrogen-bond acceptors (Lipinski definition) is 4. The van der Waals surface area contributed by atoms with Crippen LogP contribution < -0.4 is 5.32 Å². The summed E-state index contributed by atoms with van der Waals surface area (Å²) in [4.78, 5) is 30.4. The molecule has 7 heteroatoms. The molecule has 1 N–H and O–H groups in total. The molecule has 2 aromatic carbocycles. The van der Waals surface area contributed by atoms with E-state index in [1.807, 2.05) is 23.1 Å². The molecule has 0 saturated heterocycles. The van der Waals surface area contributed by atoms with Gasteiger partial charge in [-0.05, 0) is 87.1 Å². The number of thiophene rings is 1. The summed E-state index contributed by atoms with van der Waals surface area (Å²) in [7, 11) is 4.26. The first-order chi connectivity index (χ1) is 16.8. The van der Waals surface area contributed by atoms with Crippen molar-refractivity contribution in [1.82, 2.24) is 9.80 Å². The number of nitrogens with zero attached hydrogens (tertiary/aromatic N) is 2. The maximum absolute atomic E-state index is 13.1. The Labute approximate surface area is 215 Å². The lowest BCUT2D eigenvalue weighted by molar-refractivity contribution is 0.0780. The fraction of sp³-hybridized carbons (Fsp3) is 0.357. The van der Waals surface area contributed by atoms with Gasteiger partial charge < -0.3 is 15.1 Å². The van der Waals surface area contributed by atoms with E-state index in [9.17, 15) is 9.59 Å². The molecule has 3 aromatic rings. The largest absolute Gasteiger partial charge is 0.334 e. The van der Waals surface area contributed by atoms with E-state index >= 15 is 0 Å². The van der Waals surface area contributed by atoms with Crippen molar-refractivity contribution in [3.63, 3.8) is 0 Å². The smallest absolute Gasteiger partial charge is 0.265 e. The maximum Gasteiger partial charge on any atom is 0.265 e. The standard InChI is InChI=1S/C28H30ClN3O2S/c1-31(2)16-14-28(12-13-28)20-6-3-5-19(17-20)11-15-32-18-22-21(27(32)34)7-4-8-23(22)30-26(33)24-9-10-25(29)35-24/h3-10,17H,11-16,18H2,1-2H3,(H,30,33). The average molecular weight is 508 g/mol. The zero-order chi connectivity index (χ0) is 24.6. The van der Waals surface area contributed by atoms with E-state index in [2.05, 4.69) is 48.6 Å². The highest BCUT2D eigenvalue weighted by molar-refractivity contribution is 7.18. The highest BCUT2D eigenvalue weighted by atomic mass is 35.5. The van der Waals surface area contributed by atoms with Gasteiger partial charge >= 0.3 is 0 Å². The molecule has 0 spiro atoms. The Bertz CT molecular complexity index is 1260. The Kier molecular flexibility index (Phi) is 6.71. The topological polar surface area (TPSA) is 52.6 Å². The van der Waals surface area contributed by atoms with Crippen molar-refractivity contribution in [2.75, 3.05) is 32.5 Å². The van der Waals surface area contributed by atoms with Crippen molar-refractivity contribution in [2.45, 2.75) is 37.6 Å². The fourth-order valence-electron chi connectivity index (χ4n) is 4.90. The van der Waals surface area contributed by atoms with Gasteiger partial charge in [0.25, 0.3) is 11.8 Å². The van der Waals surface area contributed by atoms with Gasteiger partial charge in [0, 0.05) is 29.9 Å². The minimum absolute atomic E-state index is 0.0241. The molecule has 1 saturated carbocycles. The van der Waals surface area contributed by atoms with Crippen molar-refractivity contribution in [3.8, 4) is 0 Å². The summed E-state index contributed by atoms with van der Waals surface area (Å²) in [6.45, 7) is 2.25. The van der Waals surface area contributed by atoms with E-state index in [4.69, 9.17) is 11.6 Å². The molecule has 1 aliphatic carbocycles. The lowest BCUT2D eigenvalue weighted by atomic mass is 9.90. The number of carbonyl (C=O) groups is 2. The first kappa shape index (κ1) is 24.0.